The number of aromatic carboxylic acids is 1. The topological polar surface area (TPSA) is 81.1 Å². The van der Waals surface area contributed by atoms with Crippen LogP contribution in [0.3, 0.4) is 0 Å². The van der Waals surface area contributed by atoms with Crippen LogP contribution < -0.4 is 0 Å². The molecule has 1 aromatic carbocycles. The summed E-state index contributed by atoms with van der Waals surface area (Å²) >= 11 is 0. The van der Waals surface area contributed by atoms with E-state index in [-0.39, 0.29) is 12.1 Å². The predicted octanol–water partition coefficient (Wildman–Crippen LogP) is 1.77. The molecule has 6 nitrogen and oxygen atoms in total. The summed E-state index contributed by atoms with van der Waals surface area (Å²) in [5.41, 5.74) is 0.742. The van der Waals surface area contributed by atoms with Gasteiger partial charge in [0.05, 0.1) is 0 Å². The molecule has 3 aromatic rings. The fourth-order valence-corrected chi connectivity index (χ4v) is 1.90. The average molecular weight is 243 g/mol. The maximum absolute atomic E-state index is 11.3. The van der Waals surface area contributed by atoms with E-state index in [1.54, 1.807) is 24.3 Å². The average Bonchev–Trinajstić information content (AvgIpc) is 2.95. The first kappa shape index (κ1) is 10.5. The maximum atomic E-state index is 11.3. The van der Waals surface area contributed by atoms with E-state index in [1.165, 1.54) is 17.3 Å². The van der Waals surface area contributed by atoms with Crippen molar-refractivity contribution in [2.24, 2.45) is 0 Å². The summed E-state index contributed by atoms with van der Waals surface area (Å²) in [4.78, 5) is 15.1. The molecule has 0 spiro atoms. The van der Waals surface area contributed by atoms with Gasteiger partial charge >= 0.3 is 5.97 Å². The van der Waals surface area contributed by atoms with Crippen molar-refractivity contribution in [3.05, 3.63) is 48.2 Å². The molecule has 0 amide bonds. The number of hydrogen-bond donors (Lipinski definition) is 1. The lowest BCUT2D eigenvalue weighted by molar-refractivity contribution is 0.0696. The first-order valence-electron chi connectivity index (χ1n) is 5.32. The van der Waals surface area contributed by atoms with Crippen LogP contribution in [-0.2, 0) is 6.54 Å². The third kappa shape index (κ3) is 1.64. The number of furan rings is 1. The fraction of sp³-hybridized carbons (Fsp3) is 0.0833. The van der Waals surface area contributed by atoms with E-state index < -0.39 is 5.97 Å². The van der Waals surface area contributed by atoms with Crippen molar-refractivity contribution < 1.29 is 14.3 Å². The Hall–Kier alpha value is -2.63. The quantitative estimate of drug-likeness (QED) is 0.758. The summed E-state index contributed by atoms with van der Waals surface area (Å²) in [6.07, 6.45) is 2.90. The molecular formula is C12H9N3O3. The SMILES string of the molecule is O=C(O)c1c(Cn2cncn2)oc2ccccc12. The predicted molar refractivity (Wildman–Crippen MR) is 62.3 cm³/mol. The Kier molecular flexibility index (Phi) is 2.33. The van der Waals surface area contributed by atoms with Gasteiger partial charge in [-0.15, -0.1) is 0 Å². The highest BCUT2D eigenvalue weighted by molar-refractivity contribution is 6.03. The summed E-state index contributed by atoms with van der Waals surface area (Å²) in [5, 5.41) is 13.8. The first-order chi connectivity index (χ1) is 8.75. The minimum atomic E-state index is -1.00. The van der Waals surface area contributed by atoms with Crippen molar-refractivity contribution in [1.82, 2.24) is 14.8 Å². The second-order valence-electron chi connectivity index (χ2n) is 3.79. The maximum Gasteiger partial charge on any atom is 0.339 e. The molecule has 0 atom stereocenters. The zero-order valence-corrected chi connectivity index (χ0v) is 9.28. The van der Waals surface area contributed by atoms with E-state index in [2.05, 4.69) is 10.1 Å². The van der Waals surface area contributed by atoms with Crippen LogP contribution in [0.2, 0.25) is 0 Å². The van der Waals surface area contributed by atoms with E-state index >= 15 is 0 Å². The lowest BCUT2D eigenvalue weighted by Gasteiger charge is -1.98. The van der Waals surface area contributed by atoms with Crippen LogP contribution in [0.25, 0.3) is 11.0 Å². The zero-order valence-electron chi connectivity index (χ0n) is 9.28. The van der Waals surface area contributed by atoms with Gasteiger partial charge in [0.2, 0.25) is 0 Å². The van der Waals surface area contributed by atoms with E-state index in [9.17, 15) is 9.90 Å². The van der Waals surface area contributed by atoms with Crippen LogP contribution in [0.5, 0.6) is 0 Å². The Labute approximate surface area is 101 Å². The molecule has 18 heavy (non-hydrogen) atoms. The van der Waals surface area contributed by atoms with Gasteiger partial charge < -0.3 is 9.52 Å². The summed E-state index contributed by atoms with van der Waals surface area (Å²) in [6.45, 7) is 0.246. The molecule has 2 heterocycles. The highest BCUT2D eigenvalue weighted by atomic mass is 16.4. The number of carbonyl (C=O) groups is 1. The van der Waals surface area contributed by atoms with Gasteiger partial charge in [-0.1, -0.05) is 18.2 Å². The molecule has 3 rings (SSSR count). The Morgan fingerprint density at radius 3 is 2.94 bits per heavy atom. The second-order valence-corrected chi connectivity index (χ2v) is 3.79. The van der Waals surface area contributed by atoms with Gasteiger partial charge in [0, 0.05) is 5.39 Å². The van der Waals surface area contributed by atoms with Crippen LogP contribution in [0, 0.1) is 0 Å². The summed E-state index contributed by atoms with van der Waals surface area (Å²) in [5.74, 6) is -0.635. The number of carboxylic acids is 1. The number of benzene rings is 1. The summed E-state index contributed by atoms with van der Waals surface area (Å²) in [6, 6.07) is 7.06. The number of nitrogens with zero attached hydrogens (tertiary/aromatic N) is 3. The van der Waals surface area contributed by atoms with Crippen LogP contribution in [0.4, 0.5) is 0 Å². The Morgan fingerprint density at radius 1 is 1.39 bits per heavy atom. The highest BCUT2D eigenvalue weighted by Gasteiger charge is 2.20. The van der Waals surface area contributed by atoms with Gasteiger partial charge in [0.15, 0.2) is 0 Å². The lowest BCUT2D eigenvalue weighted by atomic mass is 10.1. The molecule has 0 fully saturated rings. The van der Waals surface area contributed by atoms with Crippen LogP contribution >= 0.6 is 0 Å². The van der Waals surface area contributed by atoms with Gasteiger partial charge in [0.25, 0.3) is 0 Å². The van der Waals surface area contributed by atoms with Gasteiger partial charge in [-0.05, 0) is 6.07 Å². The molecular weight excluding hydrogens is 234 g/mol. The van der Waals surface area contributed by atoms with Gasteiger partial charge in [-0.2, -0.15) is 5.10 Å². The van der Waals surface area contributed by atoms with Crippen LogP contribution in [0.15, 0.2) is 41.3 Å². The normalized spacial score (nSPS) is 10.9. The molecule has 0 radical (unpaired) electrons. The molecule has 0 saturated carbocycles. The fourth-order valence-electron chi connectivity index (χ4n) is 1.90. The van der Waals surface area contributed by atoms with Crippen LogP contribution in [0.1, 0.15) is 16.1 Å². The molecule has 0 aliphatic rings. The van der Waals surface area contributed by atoms with E-state index in [4.69, 9.17) is 4.42 Å². The number of aromatic nitrogens is 3. The van der Waals surface area contributed by atoms with Crippen molar-refractivity contribution >= 4 is 16.9 Å². The second kappa shape index (κ2) is 3.99. The molecule has 0 aliphatic heterocycles. The monoisotopic (exact) mass is 243 g/mol. The Bertz CT molecular complexity index is 701. The summed E-state index contributed by atoms with van der Waals surface area (Å²) in [7, 11) is 0. The highest BCUT2D eigenvalue weighted by Crippen LogP contribution is 2.26. The van der Waals surface area contributed by atoms with E-state index in [1.807, 2.05) is 0 Å². The van der Waals surface area contributed by atoms with Crippen molar-refractivity contribution in [2.45, 2.75) is 6.54 Å². The van der Waals surface area contributed by atoms with Gasteiger partial charge in [0.1, 0.15) is 36.1 Å². The molecule has 90 valence electrons. The lowest BCUT2D eigenvalue weighted by Crippen LogP contribution is -2.05. The molecule has 0 aliphatic carbocycles. The number of para-hydroxylation sites is 1. The molecule has 1 N–H and O–H groups in total. The molecule has 2 aromatic heterocycles. The molecule has 0 saturated heterocycles. The van der Waals surface area contributed by atoms with Gasteiger partial charge in [-0.25, -0.2) is 14.5 Å². The van der Waals surface area contributed by atoms with E-state index in [0.29, 0.717) is 16.7 Å². The van der Waals surface area contributed by atoms with Crippen molar-refractivity contribution in [3.8, 4) is 0 Å². The van der Waals surface area contributed by atoms with E-state index in [0.717, 1.165) is 0 Å². The number of fused-ring (bicyclic) bond motifs is 1. The third-order valence-corrected chi connectivity index (χ3v) is 2.65. The third-order valence-electron chi connectivity index (χ3n) is 2.65. The number of rotatable bonds is 3. The van der Waals surface area contributed by atoms with Crippen molar-refractivity contribution in [1.29, 1.82) is 0 Å². The Morgan fingerprint density at radius 2 is 2.22 bits per heavy atom. The smallest absolute Gasteiger partial charge is 0.339 e. The first-order valence-corrected chi connectivity index (χ1v) is 5.32. The van der Waals surface area contributed by atoms with Gasteiger partial charge in [-0.3, -0.25) is 0 Å². The number of hydrogen-bond acceptors (Lipinski definition) is 4. The largest absolute Gasteiger partial charge is 0.478 e. The summed E-state index contributed by atoms with van der Waals surface area (Å²) < 4.78 is 7.08. The number of carboxylic acid groups (broad SMARTS) is 1. The Balaban J connectivity index is 2.16. The molecule has 0 unspecified atom stereocenters. The van der Waals surface area contributed by atoms with Crippen LogP contribution in [-0.4, -0.2) is 25.8 Å². The zero-order chi connectivity index (χ0) is 12.5. The standard InChI is InChI=1S/C12H9N3O3/c16-12(17)11-8-3-1-2-4-9(8)18-10(11)5-15-7-13-6-14-15/h1-4,6-7H,5H2,(H,16,17). The minimum Gasteiger partial charge on any atom is -0.478 e. The van der Waals surface area contributed by atoms with Crippen molar-refractivity contribution in [2.75, 3.05) is 0 Å². The molecule has 6 heteroatoms. The van der Waals surface area contributed by atoms with Crippen molar-refractivity contribution in [3.63, 3.8) is 0 Å². The minimum absolute atomic E-state index is 0.182. The molecule has 0 bridgehead atoms.